The number of amides is 4. The van der Waals surface area contributed by atoms with E-state index in [1.54, 1.807) is 60.7 Å². The molecule has 1 aliphatic heterocycles. The van der Waals surface area contributed by atoms with Gasteiger partial charge in [-0.3, -0.25) is 19.2 Å². The van der Waals surface area contributed by atoms with Gasteiger partial charge in [0, 0.05) is 94.7 Å². The highest BCUT2D eigenvalue weighted by atomic mass is 32.1. The number of nitrogens with zero attached hydrogens (tertiary/aromatic N) is 5. The number of nitrogens with two attached hydrogens (primary N) is 1. The molecule has 1 aliphatic carbocycles. The van der Waals surface area contributed by atoms with Gasteiger partial charge >= 0.3 is 0 Å². The first-order valence-corrected chi connectivity index (χ1v) is 30.2. The van der Waals surface area contributed by atoms with Gasteiger partial charge in [-0.15, -0.1) is 11.3 Å². The summed E-state index contributed by atoms with van der Waals surface area (Å²) in [5.41, 5.74) is 11.9. The van der Waals surface area contributed by atoms with Crippen molar-refractivity contribution in [1.29, 1.82) is 0 Å². The molecule has 4 amide bonds. The SMILES string of the molecule is C=C/C=C(\C=C)CNC(=O)C(c1ccc(OC)c(C)c1)N(C(=O)CCc1ccc(OCCCCN(C)CCOCCOCC/C(N)=C/NCCOCCOc2ccc(NC=O)cc2)cc1)C1CC1.CNc1nc(CC(=O)N2CCN(C)CC2)cs1. The smallest absolute Gasteiger partial charge is 0.247 e. The van der Waals surface area contributed by atoms with Gasteiger partial charge in [0.1, 0.15) is 29.9 Å². The Bertz CT molecular complexity index is 2690. The highest BCUT2D eigenvalue weighted by molar-refractivity contribution is 7.13. The van der Waals surface area contributed by atoms with Gasteiger partial charge in [-0.2, -0.15) is 0 Å². The third-order valence-corrected chi connectivity index (χ3v) is 14.9. The second-order valence-electron chi connectivity index (χ2n) is 20.7. The minimum absolute atomic E-state index is 0.0103. The van der Waals surface area contributed by atoms with E-state index < -0.39 is 6.04 Å². The lowest BCUT2D eigenvalue weighted by Gasteiger charge is -2.32. The number of rotatable bonds is 40. The molecule has 3 aromatic carbocycles. The number of thiazole rings is 1. The molecule has 1 saturated heterocycles. The maximum Gasteiger partial charge on any atom is 0.247 e. The van der Waals surface area contributed by atoms with E-state index >= 15 is 0 Å². The van der Waals surface area contributed by atoms with Crippen LogP contribution in [0.25, 0.3) is 0 Å². The van der Waals surface area contributed by atoms with Crippen LogP contribution in [0.4, 0.5) is 10.8 Å². The molecule has 6 rings (SSSR count). The molecule has 2 fully saturated rings. The molecule has 4 aromatic rings. The Morgan fingerprint density at radius 2 is 1.55 bits per heavy atom. The minimum atomic E-state index is -0.776. The number of anilines is 2. The van der Waals surface area contributed by atoms with Crippen LogP contribution < -0.4 is 41.2 Å². The lowest BCUT2D eigenvalue weighted by Crippen LogP contribution is -2.47. The molecule has 2 heterocycles. The highest BCUT2D eigenvalue weighted by Crippen LogP contribution is 2.37. The van der Waals surface area contributed by atoms with Gasteiger partial charge in [0.25, 0.3) is 0 Å². The fourth-order valence-electron chi connectivity index (χ4n) is 8.98. The molecule has 21 heteroatoms. The molecule has 1 unspecified atom stereocenters. The van der Waals surface area contributed by atoms with Crippen molar-refractivity contribution < 1.29 is 47.6 Å². The summed E-state index contributed by atoms with van der Waals surface area (Å²) in [5.74, 6) is 2.13. The third kappa shape index (κ3) is 26.3. The number of carbonyl (C=O) groups is 4. The normalized spacial score (nSPS) is 13.9. The Labute approximate surface area is 507 Å². The fourth-order valence-corrected chi connectivity index (χ4v) is 9.65. The van der Waals surface area contributed by atoms with Crippen LogP contribution in [-0.2, 0) is 46.2 Å². The summed E-state index contributed by atoms with van der Waals surface area (Å²) < 4.78 is 34.1. The first-order valence-electron chi connectivity index (χ1n) is 29.3. The average Bonchev–Trinajstić information content (AvgIpc) is 3.77. The lowest BCUT2D eigenvalue weighted by atomic mass is 9.99. The number of ether oxygens (including phenoxy) is 6. The predicted molar refractivity (Wildman–Crippen MR) is 337 cm³/mol. The zero-order valence-corrected chi connectivity index (χ0v) is 51.5. The molecule has 6 N–H and O–H groups in total. The fraction of sp³-hybridized carbons (Fsp3) is 0.484. The van der Waals surface area contributed by atoms with Crippen molar-refractivity contribution in [1.82, 2.24) is 35.2 Å². The van der Waals surface area contributed by atoms with Crippen LogP contribution in [0.5, 0.6) is 17.2 Å². The van der Waals surface area contributed by atoms with Crippen LogP contribution >= 0.6 is 11.3 Å². The molecule has 2 aliphatic rings. The summed E-state index contributed by atoms with van der Waals surface area (Å²) in [4.78, 5) is 62.9. The molecule has 1 atom stereocenters. The summed E-state index contributed by atoms with van der Waals surface area (Å²) in [6.45, 7) is 20.0. The van der Waals surface area contributed by atoms with Crippen LogP contribution in [0.2, 0.25) is 0 Å². The molecular formula is C64H92N10O10S. The number of carbonyl (C=O) groups excluding carboxylic acids is 4. The third-order valence-electron chi connectivity index (χ3n) is 14.0. The number of allylic oxidation sites excluding steroid dienone is 2. The van der Waals surface area contributed by atoms with Crippen LogP contribution in [0.1, 0.15) is 67.0 Å². The molecule has 1 aromatic heterocycles. The van der Waals surface area contributed by atoms with Crippen LogP contribution in [0.15, 0.2) is 121 Å². The van der Waals surface area contributed by atoms with Gasteiger partial charge in [0.05, 0.1) is 65.5 Å². The maximum absolute atomic E-state index is 14.0. The molecule has 0 spiro atoms. The Kier molecular flexibility index (Phi) is 31.7. The number of piperazine rings is 1. The number of methoxy groups -OCH3 is 1. The highest BCUT2D eigenvalue weighted by Gasteiger charge is 2.41. The standard InChI is InChI=1S/C53H74N6O9.C11H18N4OS/c1-6-10-42(7-2)38-56-53(62)52(44-14-23-50(63-5)41(3)37-44)59(47-17-18-47)51(61)24-13-43-11-19-48(20-12-43)67-29-9-8-27-58(4)28-32-66-34-33-64-30-25-45(54)39-55-26-31-65-35-36-68-49-21-15-46(16-22-49)57-40-60;1-12-11-13-9(8-17-11)7-10(16)15-5-3-14(2)4-6-15/h6-7,10-12,14-16,19-23,37,39-40,47,52,55H,1-2,8-9,13,17-18,24-36,38,54H2,3-5H3,(H,56,62)(H,57,60);8H,3-7H2,1-2H3,(H,12,13)/b42-10+,45-39-;. The zero-order chi connectivity index (χ0) is 61.0. The summed E-state index contributed by atoms with van der Waals surface area (Å²) in [6.07, 6.45) is 13.1. The number of benzene rings is 3. The van der Waals surface area contributed by atoms with Crippen molar-refractivity contribution in [2.75, 3.05) is 144 Å². The molecule has 85 heavy (non-hydrogen) atoms. The number of unbranched alkanes of at least 4 members (excludes halogenated alkanes) is 1. The topological polar surface area (TPSA) is 224 Å². The number of hydrogen-bond acceptors (Lipinski definition) is 17. The van der Waals surface area contributed by atoms with Gasteiger partial charge in [0.15, 0.2) is 5.13 Å². The van der Waals surface area contributed by atoms with Crippen molar-refractivity contribution in [3.8, 4) is 17.2 Å². The molecule has 0 bridgehead atoms. The van der Waals surface area contributed by atoms with E-state index in [1.165, 1.54) is 11.3 Å². The van der Waals surface area contributed by atoms with Crippen LogP contribution in [0.3, 0.4) is 0 Å². The number of aryl methyl sites for hydroxylation is 2. The number of nitrogens with one attached hydrogen (secondary N) is 4. The van der Waals surface area contributed by atoms with Gasteiger partial charge in [0.2, 0.25) is 24.1 Å². The number of hydrogen-bond donors (Lipinski definition) is 5. The molecule has 0 radical (unpaired) electrons. The van der Waals surface area contributed by atoms with E-state index in [1.807, 2.05) is 66.7 Å². The number of likely N-dealkylation sites (N-methyl/N-ethyl adjacent to an activating group) is 2. The average molecular weight is 1190 g/mol. The minimum Gasteiger partial charge on any atom is -0.496 e. The van der Waals surface area contributed by atoms with Gasteiger partial charge in [-0.25, -0.2) is 4.98 Å². The monoisotopic (exact) mass is 1190 g/mol. The van der Waals surface area contributed by atoms with Crippen LogP contribution in [0, 0.1) is 6.92 Å². The summed E-state index contributed by atoms with van der Waals surface area (Å²) in [7, 11) is 7.63. The van der Waals surface area contributed by atoms with Crippen molar-refractivity contribution >= 4 is 46.3 Å². The second kappa shape index (κ2) is 39.4. The predicted octanol–water partition coefficient (Wildman–Crippen LogP) is 7.15. The van der Waals surface area contributed by atoms with E-state index in [0.717, 1.165) is 110 Å². The largest absolute Gasteiger partial charge is 0.496 e. The lowest BCUT2D eigenvalue weighted by molar-refractivity contribution is -0.141. The quantitative estimate of drug-likeness (QED) is 0.0169. The van der Waals surface area contributed by atoms with Crippen molar-refractivity contribution in [3.05, 3.63) is 143 Å². The van der Waals surface area contributed by atoms with Crippen molar-refractivity contribution in [2.45, 2.75) is 70.4 Å². The Morgan fingerprint density at radius 3 is 2.21 bits per heavy atom. The van der Waals surface area contributed by atoms with Crippen molar-refractivity contribution in [2.24, 2.45) is 5.73 Å². The summed E-state index contributed by atoms with van der Waals surface area (Å²) in [6, 6.07) is 20.0. The van der Waals surface area contributed by atoms with Crippen molar-refractivity contribution in [3.63, 3.8) is 0 Å². The van der Waals surface area contributed by atoms with E-state index in [0.29, 0.717) is 102 Å². The summed E-state index contributed by atoms with van der Waals surface area (Å²) >= 11 is 1.54. The first kappa shape index (κ1) is 68.5. The van der Waals surface area contributed by atoms with Gasteiger partial charge in [-0.05, 0) is 130 Å². The molecular weight excluding hydrogens is 1100 g/mol. The second-order valence-corrected chi connectivity index (χ2v) is 21.6. The van der Waals surface area contributed by atoms with E-state index in [4.69, 9.17) is 34.2 Å². The Hall–Kier alpha value is -7.27. The molecule has 1 saturated carbocycles. The molecule has 20 nitrogen and oxygen atoms in total. The van der Waals surface area contributed by atoms with Gasteiger partial charge in [-0.1, -0.05) is 49.6 Å². The maximum atomic E-state index is 14.0. The van der Waals surface area contributed by atoms with E-state index in [9.17, 15) is 19.2 Å². The Balaban J connectivity index is 0.000000659. The molecule has 464 valence electrons. The van der Waals surface area contributed by atoms with E-state index in [-0.39, 0.29) is 36.7 Å². The number of aromatic nitrogens is 1. The van der Waals surface area contributed by atoms with Crippen LogP contribution in [-0.4, -0.2) is 188 Å². The van der Waals surface area contributed by atoms with Gasteiger partial charge < -0.3 is 75.0 Å². The zero-order valence-electron chi connectivity index (χ0n) is 50.7. The van der Waals surface area contributed by atoms with E-state index in [2.05, 4.69) is 63.3 Å². The Morgan fingerprint density at radius 1 is 0.859 bits per heavy atom. The first-order chi connectivity index (χ1) is 41.3. The summed E-state index contributed by atoms with van der Waals surface area (Å²) in [5, 5.41) is 14.6.